The lowest BCUT2D eigenvalue weighted by Crippen LogP contribution is -2.10. The van der Waals surface area contributed by atoms with Gasteiger partial charge in [-0.15, -0.1) is 0 Å². The molecule has 0 amide bonds. The lowest BCUT2D eigenvalue weighted by Gasteiger charge is -2.16. The Labute approximate surface area is 146 Å². The van der Waals surface area contributed by atoms with Gasteiger partial charge in [0.25, 0.3) is 0 Å². The molecule has 1 N–H and O–H groups in total. The lowest BCUT2D eigenvalue weighted by atomic mass is 10.0. The topological polar surface area (TPSA) is 72.8 Å². The molecular weight excluding hydrogens is 346 g/mol. The van der Waals surface area contributed by atoms with Crippen LogP contribution in [0.25, 0.3) is 10.8 Å². The summed E-state index contributed by atoms with van der Waals surface area (Å²) in [6, 6.07) is 9.45. The van der Waals surface area contributed by atoms with Crippen molar-refractivity contribution in [1.82, 2.24) is 0 Å². The Morgan fingerprint density at radius 2 is 1.88 bits per heavy atom. The summed E-state index contributed by atoms with van der Waals surface area (Å²) in [5, 5.41) is 1.36. The van der Waals surface area contributed by atoms with Crippen LogP contribution in [-0.4, -0.2) is 24.1 Å². The molecule has 0 aliphatic carbocycles. The molecule has 7 heteroatoms. The van der Waals surface area contributed by atoms with E-state index in [0.29, 0.717) is 17.6 Å². The molecule has 2 atom stereocenters. The van der Waals surface area contributed by atoms with E-state index in [0.717, 1.165) is 5.39 Å². The van der Waals surface area contributed by atoms with Crippen LogP contribution < -0.4 is 0 Å². The van der Waals surface area contributed by atoms with E-state index in [1.54, 1.807) is 24.3 Å². The molecule has 2 aromatic carbocycles. The molecule has 136 valence electrons. The van der Waals surface area contributed by atoms with Crippen molar-refractivity contribution in [2.45, 2.75) is 26.7 Å². The van der Waals surface area contributed by atoms with Gasteiger partial charge in [0.2, 0.25) is 5.91 Å². The van der Waals surface area contributed by atoms with Gasteiger partial charge in [0.15, 0.2) is 0 Å². The molecule has 0 spiro atoms. The number of fused-ring (bicyclic) bond motifs is 1. The fraction of sp³-hybridized carbons (Fsp3) is 0.389. The van der Waals surface area contributed by atoms with E-state index in [-0.39, 0.29) is 18.1 Å². The molecule has 0 radical (unpaired) electrons. The predicted molar refractivity (Wildman–Crippen MR) is 94.4 cm³/mol. The van der Waals surface area contributed by atoms with Crippen LogP contribution in [0.15, 0.2) is 36.4 Å². The number of benzene rings is 2. The summed E-state index contributed by atoms with van der Waals surface area (Å²) < 4.78 is 36.0. The number of hydrogen-bond donors (Lipinski definition) is 1. The van der Waals surface area contributed by atoms with E-state index in [4.69, 9.17) is 4.74 Å². The molecule has 5 nitrogen and oxygen atoms in total. The highest BCUT2D eigenvalue weighted by atomic mass is 31.2. The van der Waals surface area contributed by atoms with Crippen LogP contribution in [0.3, 0.4) is 0 Å². The highest BCUT2D eigenvalue weighted by molar-refractivity contribution is 7.53. The first-order chi connectivity index (χ1) is 11.7. The van der Waals surface area contributed by atoms with Crippen molar-refractivity contribution >= 4 is 24.3 Å². The SMILES string of the molecule is CCOP(=O)(O)C(F)c1ccc2ccc(C(=O)OCC(C)C)cc2c1. The lowest BCUT2D eigenvalue weighted by molar-refractivity contribution is 0.0459. The van der Waals surface area contributed by atoms with Gasteiger partial charge in [-0.25, -0.2) is 9.18 Å². The van der Waals surface area contributed by atoms with Gasteiger partial charge >= 0.3 is 13.6 Å². The number of ether oxygens (including phenoxy) is 1. The Morgan fingerprint density at radius 1 is 1.20 bits per heavy atom. The number of halogens is 1. The van der Waals surface area contributed by atoms with Crippen LogP contribution in [0.4, 0.5) is 4.39 Å². The molecule has 0 aliphatic heterocycles. The average Bonchev–Trinajstić information content (AvgIpc) is 2.57. The van der Waals surface area contributed by atoms with Gasteiger partial charge in [-0.1, -0.05) is 32.0 Å². The Morgan fingerprint density at radius 3 is 2.52 bits per heavy atom. The van der Waals surface area contributed by atoms with Crippen LogP contribution in [0, 0.1) is 5.92 Å². The highest BCUT2D eigenvalue weighted by Gasteiger charge is 2.33. The predicted octanol–water partition coefficient (Wildman–Crippen LogP) is 4.84. The van der Waals surface area contributed by atoms with Gasteiger partial charge in [-0.05, 0) is 47.4 Å². The van der Waals surface area contributed by atoms with E-state index < -0.39 is 19.5 Å². The maximum Gasteiger partial charge on any atom is 0.366 e. The number of hydrogen-bond acceptors (Lipinski definition) is 4. The fourth-order valence-corrected chi connectivity index (χ4v) is 3.34. The largest absolute Gasteiger partial charge is 0.462 e. The molecule has 2 unspecified atom stereocenters. The second kappa shape index (κ2) is 8.09. The van der Waals surface area contributed by atoms with Gasteiger partial charge in [0.05, 0.1) is 18.8 Å². The number of carbonyl (C=O) groups is 1. The molecule has 0 fully saturated rings. The molecule has 0 bridgehead atoms. The normalized spacial score (nSPS) is 15.1. The smallest absolute Gasteiger partial charge is 0.366 e. The minimum Gasteiger partial charge on any atom is -0.462 e. The maximum absolute atomic E-state index is 14.4. The second-order valence-electron chi connectivity index (χ2n) is 6.13. The van der Waals surface area contributed by atoms with Crippen molar-refractivity contribution in [2.24, 2.45) is 5.92 Å². The molecule has 25 heavy (non-hydrogen) atoms. The van der Waals surface area contributed by atoms with E-state index in [1.165, 1.54) is 19.1 Å². The zero-order valence-electron chi connectivity index (χ0n) is 14.4. The van der Waals surface area contributed by atoms with Crippen LogP contribution in [-0.2, 0) is 13.8 Å². The van der Waals surface area contributed by atoms with Crippen LogP contribution >= 0.6 is 7.60 Å². The van der Waals surface area contributed by atoms with E-state index >= 15 is 0 Å². The first-order valence-corrected chi connectivity index (χ1v) is 9.71. The number of carbonyl (C=O) groups excluding carboxylic acids is 1. The molecule has 0 aliphatic rings. The third kappa shape index (κ3) is 4.88. The Hall–Kier alpha value is -1.75. The van der Waals surface area contributed by atoms with Crippen LogP contribution in [0.1, 0.15) is 42.6 Å². The Kier molecular flexibility index (Phi) is 6.33. The summed E-state index contributed by atoms with van der Waals surface area (Å²) in [6.07, 6.45) is 0. The maximum atomic E-state index is 14.4. The molecule has 2 rings (SSSR count). The number of rotatable bonds is 7. The summed E-state index contributed by atoms with van der Waals surface area (Å²) in [6.45, 7) is 5.64. The minimum atomic E-state index is -4.39. The van der Waals surface area contributed by atoms with E-state index in [9.17, 15) is 18.6 Å². The monoisotopic (exact) mass is 368 g/mol. The van der Waals surface area contributed by atoms with E-state index in [2.05, 4.69) is 4.52 Å². The molecule has 0 saturated heterocycles. The summed E-state index contributed by atoms with van der Waals surface area (Å²) in [4.78, 5) is 21.7. The Balaban J connectivity index is 2.32. The third-order valence-electron chi connectivity index (χ3n) is 3.52. The summed E-state index contributed by atoms with van der Waals surface area (Å²) in [5.74, 6) is -2.38. The van der Waals surface area contributed by atoms with Crippen molar-refractivity contribution < 1.29 is 27.9 Å². The van der Waals surface area contributed by atoms with Gasteiger partial charge < -0.3 is 14.2 Å². The number of esters is 1. The number of alkyl halides is 1. The minimum absolute atomic E-state index is 0.0273. The van der Waals surface area contributed by atoms with Gasteiger partial charge in [-0.3, -0.25) is 4.57 Å². The first-order valence-electron chi connectivity index (χ1n) is 8.06. The van der Waals surface area contributed by atoms with Gasteiger partial charge in [-0.2, -0.15) is 0 Å². The van der Waals surface area contributed by atoms with Crippen molar-refractivity contribution in [3.8, 4) is 0 Å². The fourth-order valence-electron chi connectivity index (χ4n) is 2.30. The summed E-state index contributed by atoms with van der Waals surface area (Å²) >= 11 is 0. The zero-order chi connectivity index (χ0) is 18.6. The van der Waals surface area contributed by atoms with Crippen molar-refractivity contribution in [2.75, 3.05) is 13.2 Å². The van der Waals surface area contributed by atoms with E-state index in [1.807, 2.05) is 13.8 Å². The van der Waals surface area contributed by atoms with Crippen LogP contribution in [0.5, 0.6) is 0 Å². The Bertz CT molecular complexity index is 805. The standard InChI is InChI=1S/C18H22FO5P/c1-4-24-25(21,22)17(19)14-7-5-13-6-8-15(10-16(13)9-14)18(20)23-11-12(2)3/h5-10,12,17H,4,11H2,1-3H3,(H,21,22). The van der Waals surface area contributed by atoms with Gasteiger partial charge in [0.1, 0.15) is 0 Å². The van der Waals surface area contributed by atoms with Crippen molar-refractivity contribution in [1.29, 1.82) is 0 Å². The van der Waals surface area contributed by atoms with Crippen molar-refractivity contribution in [3.63, 3.8) is 0 Å². The third-order valence-corrected chi connectivity index (χ3v) is 5.02. The first kappa shape index (κ1) is 19.6. The molecule has 2 aromatic rings. The molecule has 0 aromatic heterocycles. The quantitative estimate of drug-likeness (QED) is 0.559. The molecule has 0 heterocycles. The second-order valence-corrected chi connectivity index (χ2v) is 7.97. The molecular formula is C18H22FO5P. The van der Waals surface area contributed by atoms with Crippen LogP contribution in [0.2, 0.25) is 0 Å². The average molecular weight is 368 g/mol. The summed E-state index contributed by atoms with van der Waals surface area (Å²) in [7, 11) is -4.39. The molecule has 0 saturated carbocycles. The zero-order valence-corrected chi connectivity index (χ0v) is 15.3. The summed E-state index contributed by atoms with van der Waals surface area (Å²) in [5.41, 5.74) is 0.372. The van der Waals surface area contributed by atoms with Crippen molar-refractivity contribution in [3.05, 3.63) is 47.5 Å². The van der Waals surface area contributed by atoms with Gasteiger partial charge in [0, 0.05) is 0 Å². The highest BCUT2D eigenvalue weighted by Crippen LogP contribution is 2.57.